The quantitative estimate of drug-likeness (QED) is 0.538. The van der Waals surface area contributed by atoms with Crippen molar-refractivity contribution < 1.29 is 18.4 Å². The lowest BCUT2D eigenvalue weighted by Gasteiger charge is -2.31. The van der Waals surface area contributed by atoms with Crippen LogP contribution in [0.4, 0.5) is 14.5 Å². The summed E-state index contributed by atoms with van der Waals surface area (Å²) in [7, 11) is 0. The number of hydrogen-bond donors (Lipinski definition) is 0. The highest BCUT2D eigenvalue weighted by Crippen LogP contribution is 2.38. The van der Waals surface area contributed by atoms with Gasteiger partial charge in [-0.2, -0.15) is 0 Å². The Morgan fingerprint density at radius 1 is 0.818 bits per heavy atom. The number of imide groups is 1. The summed E-state index contributed by atoms with van der Waals surface area (Å²) < 4.78 is 28.6. The summed E-state index contributed by atoms with van der Waals surface area (Å²) in [6, 6.07) is 16.3. The summed E-state index contributed by atoms with van der Waals surface area (Å²) in [5, 5.41) is 0. The monoisotopic (exact) mass is 444 g/mol. The Bertz CT molecular complexity index is 1350. The molecule has 4 nitrogen and oxygen atoms in total. The minimum absolute atomic E-state index is 0.214. The number of rotatable bonds is 3. The van der Waals surface area contributed by atoms with E-state index in [-0.39, 0.29) is 17.0 Å². The number of amides is 2. The van der Waals surface area contributed by atoms with E-state index in [1.807, 2.05) is 49.1 Å². The maximum Gasteiger partial charge on any atom is 0.282 e. The van der Waals surface area contributed by atoms with Gasteiger partial charge in [0.1, 0.15) is 17.3 Å². The second-order valence-electron chi connectivity index (χ2n) is 8.50. The third-order valence-electron chi connectivity index (χ3n) is 6.45. The standard InChI is InChI=1S/C27H22F2N2O2/c1-16-7-8-19(13-17(16)2)24-25(30-12-11-18-5-3-4-6-20(18)15-30)27(33)31(26(24)32)23-14-21(28)9-10-22(23)29/h3-10,13-14H,11-12,15H2,1-2H3. The summed E-state index contributed by atoms with van der Waals surface area (Å²) in [4.78, 5) is 29.9. The minimum atomic E-state index is -0.831. The Morgan fingerprint density at radius 3 is 2.33 bits per heavy atom. The van der Waals surface area contributed by atoms with Crippen molar-refractivity contribution in [1.82, 2.24) is 4.90 Å². The summed E-state index contributed by atoms with van der Waals surface area (Å²) in [6.07, 6.45) is 0.718. The van der Waals surface area contributed by atoms with Crippen molar-refractivity contribution in [1.29, 1.82) is 0 Å². The van der Waals surface area contributed by atoms with Gasteiger partial charge in [-0.05, 0) is 60.2 Å². The van der Waals surface area contributed by atoms with Crippen molar-refractivity contribution in [3.8, 4) is 0 Å². The molecule has 0 aliphatic carbocycles. The van der Waals surface area contributed by atoms with E-state index < -0.39 is 23.4 Å². The van der Waals surface area contributed by atoms with Crippen molar-refractivity contribution in [2.75, 3.05) is 11.4 Å². The number of halogens is 2. The second-order valence-corrected chi connectivity index (χ2v) is 8.50. The van der Waals surface area contributed by atoms with Crippen molar-refractivity contribution in [2.45, 2.75) is 26.8 Å². The number of carbonyl (C=O) groups is 2. The van der Waals surface area contributed by atoms with E-state index in [0.717, 1.165) is 46.2 Å². The third kappa shape index (κ3) is 3.52. The van der Waals surface area contributed by atoms with Crippen LogP contribution < -0.4 is 4.90 Å². The highest BCUT2D eigenvalue weighted by atomic mass is 19.1. The predicted molar refractivity (Wildman–Crippen MR) is 122 cm³/mol. The molecule has 166 valence electrons. The van der Waals surface area contributed by atoms with Crippen LogP contribution in [0.15, 0.2) is 66.4 Å². The number of fused-ring (bicyclic) bond motifs is 1. The largest absolute Gasteiger partial charge is 0.362 e. The Morgan fingerprint density at radius 2 is 1.58 bits per heavy atom. The van der Waals surface area contributed by atoms with E-state index in [9.17, 15) is 18.4 Å². The summed E-state index contributed by atoms with van der Waals surface area (Å²) >= 11 is 0. The van der Waals surface area contributed by atoms with Gasteiger partial charge in [0.2, 0.25) is 0 Å². The van der Waals surface area contributed by atoms with Gasteiger partial charge in [0.25, 0.3) is 11.8 Å². The van der Waals surface area contributed by atoms with Crippen molar-refractivity contribution in [3.63, 3.8) is 0 Å². The zero-order valence-electron chi connectivity index (χ0n) is 18.4. The summed E-state index contributed by atoms with van der Waals surface area (Å²) in [5.41, 5.74) is 4.95. The van der Waals surface area contributed by atoms with E-state index in [1.54, 1.807) is 6.07 Å². The summed E-state index contributed by atoms with van der Waals surface area (Å²) in [6.45, 7) is 4.89. The van der Waals surface area contributed by atoms with Crippen LogP contribution in [0.1, 0.15) is 27.8 Å². The third-order valence-corrected chi connectivity index (χ3v) is 6.45. The average Bonchev–Trinajstić information content (AvgIpc) is 3.07. The van der Waals surface area contributed by atoms with Crippen LogP contribution in [0, 0.1) is 25.5 Å². The fraction of sp³-hybridized carbons (Fsp3) is 0.185. The number of carbonyl (C=O) groups excluding carboxylic acids is 2. The molecule has 0 radical (unpaired) electrons. The van der Waals surface area contributed by atoms with Gasteiger partial charge in [-0.25, -0.2) is 13.7 Å². The highest BCUT2D eigenvalue weighted by Gasteiger charge is 2.44. The lowest BCUT2D eigenvalue weighted by Crippen LogP contribution is -2.37. The van der Waals surface area contributed by atoms with E-state index in [4.69, 9.17) is 0 Å². The van der Waals surface area contributed by atoms with Crippen LogP contribution in [-0.2, 0) is 22.6 Å². The molecule has 0 atom stereocenters. The van der Waals surface area contributed by atoms with Crippen LogP contribution in [0.3, 0.4) is 0 Å². The van der Waals surface area contributed by atoms with Gasteiger partial charge in [0.15, 0.2) is 0 Å². The molecule has 3 aromatic carbocycles. The molecule has 2 heterocycles. The molecule has 0 spiro atoms. The molecular weight excluding hydrogens is 422 g/mol. The van der Waals surface area contributed by atoms with Gasteiger partial charge in [-0.1, -0.05) is 42.5 Å². The maximum atomic E-state index is 14.6. The zero-order chi connectivity index (χ0) is 23.3. The van der Waals surface area contributed by atoms with E-state index >= 15 is 0 Å². The SMILES string of the molecule is Cc1ccc(C2=C(N3CCc4ccccc4C3)C(=O)N(c3cc(F)ccc3F)C2=O)cc1C. The molecule has 0 aromatic heterocycles. The molecule has 0 fully saturated rings. The molecule has 33 heavy (non-hydrogen) atoms. The first-order valence-corrected chi connectivity index (χ1v) is 10.8. The van der Waals surface area contributed by atoms with E-state index in [1.165, 1.54) is 5.56 Å². The maximum absolute atomic E-state index is 14.6. The Hall–Kier alpha value is -3.80. The molecule has 2 amide bonds. The number of benzene rings is 3. The Balaban J connectivity index is 1.66. The average molecular weight is 444 g/mol. The van der Waals surface area contributed by atoms with Gasteiger partial charge in [0.05, 0.1) is 11.3 Å². The molecule has 0 saturated heterocycles. The van der Waals surface area contributed by atoms with Crippen LogP contribution >= 0.6 is 0 Å². The van der Waals surface area contributed by atoms with E-state index in [0.29, 0.717) is 18.7 Å². The smallest absolute Gasteiger partial charge is 0.282 e. The minimum Gasteiger partial charge on any atom is -0.362 e. The molecular formula is C27H22F2N2O2. The molecule has 6 heteroatoms. The van der Waals surface area contributed by atoms with Crippen LogP contribution in [0.25, 0.3) is 5.57 Å². The number of anilines is 1. The molecule has 2 aliphatic heterocycles. The number of hydrogen-bond acceptors (Lipinski definition) is 3. The van der Waals surface area contributed by atoms with Gasteiger partial charge in [0, 0.05) is 19.2 Å². The topological polar surface area (TPSA) is 40.6 Å². The van der Waals surface area contributed by atoms with Crippen LogP contribution in [0.5, 0.6) is 0 Å². The van der Waals surface area contributed by atoms with Gasteiger partial charge >= 0.3 is 0 Å². The van der Waals surface area contributed by atoms with Gasteiger partial charge in [-0.3, -0.25) is 9.59 Å². The fourth-order valence-corrected chi connectivity index (χ4v) is 4.53. The zero-order valence-corrected chi connectivity index (χ0v) is 18.4. The Kier molecular flexibility index (Phi) is 5.08. The predicted octanol–water partition coefficient (Wildman–Crippen LogP) is 4.92. The molecule has 3 aromatic rings. The lowest BCUT2D eigenvalue weighted by atomic mass is 9.96. The fourth-order valence-electron chi connectivity index (χ4n) is 4.53. The Labute approximate surface area is 190 Å². The van der Waals surface area contributed by atoms with Crippen molar-refractivity contribution in [3.05, 3.63) is 106 Å². The van der Waals surface area contributed by atoms with Gasteiger partial charge in [-0.15, -0.1) is 0 Å². The molecule has 0 saturated carbocycles. The summed E-state index contributed by atoms with van der Waals surface area (Å²) in [5.74, 6) is -2.85. The highest BCUT2D eigenvalue weighted by molar-refractivity contribution is 6.45. The van der Waals surface area contributed by atoms with Crippen molar-refractivity contribution in [2.24, 2.45) is 0 Å². The molecule has 0 unspecified atom stereocenters. The molecule has 5 rings (SSSR count). The first kappa shape index (κ1) is 21.1. The second kappa shape index (κ2) is 7.96. The molecule has 2 aliphatic rings. The normalized spacial score (nSPS) is 16.0. The lowest BCUT2D eigenvalue weighted by molar-refractivity contribution is -0.120. The van der Waals surface area contributed by atoms with Crippen molar-refractivity contribution >= 4 is 23.1 Å². The van der Waals surface area contributed by atoms with Crippen LogP contribution in [-0.4, -0.2) is 23.3 Å². The van der Waals surface area contributed by atoms with E-state index in [2.05, 4.69) is 6.07 Å². The number of nitrogens with zero attached hydrogens (tertiary/aromatic N) is 2. The van der Waals surface area contributed by atoms with Gasteiger partial charge < -0.3 is 4.90 Å². The molecule has 0 bridgehead atoms. The van der Waals surface area contributed by atoms with Crippen LogP contribution in [0.2, 0.25) is 0 Å². The molecule has 0 N–H and O–H groups in total. The first-order chi connectivity index (χ1) is 15.8. The first-order valence-electron chi connectivity index (χ1n) is 10.8. The number of aryl methyl sites for hydroxylation is 2.